The molecule has 37 heavy (non-hydrogen) atoms. The van der Waals surface area contributed by atoms with E-state index in [1.54, 1.807) is 48.5 Å². The zero-order chi connectivity index (χ0) is 25.9. The van der Waals surface area contributed by atoms with Crippen LogP contribution >= 0.6 is 11.8 Å². The predicted molar refractivity (Wildman–Crippen MR) is 143 cm³/mol. The fourth-order valence-electron chi connectivity index (χ4n) is 4.21. The Morgan fingerprint density at radius 3 is 2.46 bits per heavy atom. The lowest BCUT2D eigenvalue weighted by Gasteiger charge is -2.23. The van der Waals surface area contributed by atoms with Gasteiger partial charge in [-0.05, 0) is 54.4 Å². The Balaban J connectivity index is 1.33. The zero-order valence-corrected chi connectivity index (χ0v) is 21.2. The number of aliphatic imine (C=N–C) groups is 1. The molecule has 9 heteroatoms. The summed E-state index contributed by atoms with van der Waals surface area (Å²) in [4.78, 5) is 29.7. The van der Waals surface area contributed by atoms with E-state index in [4.69, 9.17) is 9.84 Å². The van der Waals surface area contributed by atoms with Gasteiger partial charge in [-0.25, -0.2) is 9.40 Å². The number of carbonyl (C=O) groups excluding carboxylic acids is 2. The minimum atomic E-state index is -0.642. The standard InChI is InChI=1S/C28H25FN4O3S/c1-17-3-5-19(6-4-17)24-15-23(18-7-9-20(29)10-8-18)32-33(24)28-31-27(35)25(37-28)16-26(34)30-21-11-13-22(36-2)14-12-21/h3-14,24-25H,15-16H2,1-2H3,(H,30,34)/t24-,25+/m1/s1. The number of hydrogen-bond acceptors (Lipinski definition) is 6. The second-order valence-corrected chi connectivity index (χ2v) is 10.0. The maximum Gasteiger partial charge on any atom is 0.262 e. The average molecular weight is 517 g/mol. The van der Waals surface area contributed by atoms with Gasteiger partial charge in [0, 0.05) is 18.5 Å². The van der Waals surface area contributed by atoms with Gasteiger partial charge in [0.25, 0.3) is 5.91 Å². The quantitative estimate of drug-likeness (QED) is 0.480. The number of anilines is 1. The molecule has 3 aromatic carbocycles. The minimum Gasteiger partial charge on any atom is -0.497 e. The first-order valence-electron chi connectivity index (χ1n) is 11.8. The van der Waals surface area contributed by atoms with Crippen molar-refractivity contribution in [1.29, 1.82) is 0 Å². The molecule has 0 aliphatic carbocycles. The highest BCUT2D eigenvalue weighted by Gasteiger charge is 2.39. The number of hydrogen-bond donors (Lipinski definition) is 1. The Hall–Kier alpha value is -3.98. The molecule has 0 saturated carbocycles. The van der Waals surface area contributed by atoms with Gasteiger partial charge in [0.1, 0.15) is 16.8 Å². The van der Waals surface area contributed by atoms with Crippen LogP contribution in [0.25, 0.3) is 0 Å². The number of rotatable bonds is 6. The lowest BCUT2D eigenvalue weighted by molar-refractivity contribution is -0.121. The second kappa shape index (κ2) is 10.6. The van der Waals surface area contributed by atoms with Crippen molar-refractivity contribution in [3.05, 3.63) is 95.3 Å². The molecule has 0 radical (unpaired) electrons. The van der Waals surface area contributed by atoms with Crippen molar-refractivity contribution >= 4 is 40.1 Å². The Labute approximate surface area is 218 Å². The molecule has 0 fully saturated rings. The lowest BCUT2D eigenvalue weighted by Crippen LogP contribution is -2.25. The molecule has 0 saturated heterocycles. The van der Waals surface area contributed by atoms with Crippen LogP contribution in [0, 0.1) is 12.7 Å². The monoisotopic (exact) mass is 516 g/mol. The van der Waals surface area contributed by atoms with E-state index in [0.717, 1.165) is 22.4 Å². The van der Waals surface area contributed by atoms with Crippen LogP contribution in [0.1, 0.15) is 35.6 Å². The molecule has 0 bridgehead atoms. The number of halogens is 1. The van der Waals surface area contributed by atoms with E-state index in [9.17, 15) is 14.0 Å². The van der Waals surface area contributed by atoms with Gasteiger partial charge in [0.05, 0.1) is 18.9 Å². The smallest absolute Gasteiger partial charge is 0.262 e. The second-order valence-electron chi connectivity index (χ2n) is 8.85. The van der Waals surface area contributed by atoms with Crippen molar-refractivity contribution in [3.8, 4) is 5.75 Å². The van der Waals surface area contributed by atoms with Crippen LogP contribution in [0.15, 0.2) is 82.9 Å². The Kier molecular flexibility index (Phi) is 7.05. The molecule has 7 nitrogen and oxygen atoms in total. The normalized spacial score (nSPS) is 19.0. The first-order valence-corrected chi connectivity index (χ1v) is 12.7. The molecular weight excluding hydrogens is 491 g/mol. The number of methoxy groups -OCH3 is 1. The average Bonchev–Trinajstić information content (AvgIpc) is 3.49. The summed E-state index contributed by atoms with van der Waals surface area (Å²) < 4.78 is 18.6. The number of amidine groups is 1. The van der Waals surface area contributed by atoms with Crippen molar-refractivity contribution in [2.45, 2.75) is 31.1 Å². The van der Waals surface area contributed by atoms with Crippen LogP contribution in [-0.4, -0.2) is 40.1 Å². The summed E-state index contributed by atoms with van der Waals surface area (Å²) in [6.45, 7) is 2.02. The molecule has 0 unspecified atom stereocenters. The van der Waals surface area contributed by atoms with Crippen molar-refractivity contribution in [2.24, 2.45) is 10.1 Å². The number of aryl methyl sites for hydroxylation is 1. The molecule has 1 N–H and O–H groups in total. The summed E-state index contributed by atoms with van der Waals surface area (Å²) in [7, 11) is 1.57. The third-order valence-corrected chi connectivity index (χ3v) is 7.36. The van der Waals surface area contributed by atoms with Gasteiger partial charge in [-0.15, -0.1) is 0 Å². The van der Waals surface area contributed by atoms with Crippen molar-refractivity contribution < 1.29 is 18.7 Å². The third-order valence-electron chi connectivity index (χ3n) is 6.22. The van der Waals surface area contributed by atoms with Gasteiger partial charge in [-0.2, -0.15) is 10.1 Å². The molecule has 0 spiro atoms. The number of carbonyl (C=O) groups is 2. The van der Waals surface area contributed by atoms with E-state index >= 15 is 0 Å². The number of ether oxygens (including phenoxy) is 1. The van der Waals surface area contributed by atoms with Crippen LogP contribution in [0.3, 0.4) is 0 Å². The summed E-state index contributed by atoms with van der Waals surface area (Å²) in [5.74, 6) is -0.268. The number of thioether (sulfide) groups is 1. The van der Waals surface area contributed by atoms with Crippen molar-refractivity contribution in [3.63, 3.8) is 0 Å². The Bertz CT molecular complexity index is 1370. The van der Waals surface area contributed by atoms with Crippen molar-refractivity contribution in [2.75, 3.05) is 12.4 Å². The molecule has 2 amide bonds. The summed E-state index contributed by atoms with van der Waals surface area (Å²) in [5, 5.41) is 9.18. The highest BCUT2D eigenvalue weighted by atomic mass is 32.2. The highest BCUT2D eigenvalue weighted by molar-refractivity contribution is 8.15. The Morgan fingerprint density at radius 2 is 1.78 bits per heavy atom. The predicted octanol–water partition coefficient (Wildman–Crippen LogP) is 5.32. The van der Waals surface area contributed by atoms with E-state index < -0.39 is 5.25 Å². The van der Waals surface area contributed by atoms with Gasteiger partial charge in [0.2, 0.25) is 5.91 Å². The van der Waals surface area contributed by atoms with Gasteiger partial charge < -0.3 is 10.1 Å². The van der Waals surface area contributed by atoms with E-state index in [1.807, 2.05) is 31.2 Å². The third kappa shape index (κ3) is 5.56. The summed E-state index contributed by atoms with van der Waals surface area (Å²) >= 11 is 1.24. The van der Waals surface area contributed by atoms with E-state index in [0.29, 0.717) is 23.0 Å². The number of nitrogens with one attached hydrogen (secondary N) is 1. The Morgan fingerprint density at radius 1 is 1.08 bits per heavy atom. The SMILES string of the molecule is COc1ccc(NC(=O)C[C@@H]2SC(N3N=C(c4ccc(F)cc4)C[C@@H]3c3ccc(C)cc3)=NC2=O)cc1. The summed E-state index contributed by atoms with van der Waals surface area (Å²) in [6.07, 6.45) is 0.561. The molecule has 188 valence electrons. The van der Waals surface area contributed by atoms with Gasteiger partial charge in [0.15, 0.2) is 5.17 Å². The number of nitrogens with zero attached hydrogens (tertiary/aromatic N) is 3. The van der Waals surface area contributed by atoms with Crippen LogP contribution in [-0.2, 0) is 9.59 Å². The molecule has 0 aromatic heterocycles. The largest absolute Gasteiger partial charge is 0.497 e. The number of benzene rings is 3. The maximum atomic E-state index is 13.5. The van der Waals surface area contributed by atoms with E-state index in [-0.39, 0.29) is 30.1 Å². The molecule has 3 aromatic rings. The molecule has 2 aliphatic heterocycles. The van der Waals surface area contributed by atoms with Crippen LogP contribution in [0.2, 0.25) is 0 Å². The zero-order valence-electron chi connectivity index (χ0n) is 20.3. The van der Waals surface area contributed by atoms with Crippen LogP contribution in [0.4, 0.5) is 10.1 Å². The van der Waals surface area contributed by atoms with Gasteiger partial charge in [-0.3, -0.25) is 9.59 Å². The summed E-state index contributed by atoms with van der Waals surface area (Å²) in [5.41, 5.74) is 4.38. The van der Waals surface area contributed by atoms with E-state index in [1.165, 1.54) is 23.9 Å². The fraction of sp³-hybridized carbons (Fsp3) is 0.214. The molecule has 2 aliphatic rings. The number of hydrazone groups is 1. The molecule has 5 rings (SSSR count). The molecule has 2 heterocycles. The molecular formula is C28H25FN4O3S. The maximum absolute atomic E-state index is 13.5. The van der Waals surface area contributed by atoms with Crippen LogP contribution in [0.5, 0.6) is 5.75 Å². The first-order chi connectivity index (χ1) is 17.9. The van der Waals surface area contributed by atoms with E-state index in [2.05, 4.69) is 10.3 Å². The lowest BCUT2D eigenvalue weighted by atomic mass is 9.98. The summed E-state index contributed by atoms with van der Waals surface area (Å²) in [6, 6.07) is 21.2. The first kappa shape index (κ1) is 24.7. The molecule has 2 atom stereocenters. The minimum absolute atomic E-state index is 0.0138. The van der Waals surface area contributed by atoms with Crippen molar-refractivity contribution in [1.82, 2.24) is 5.01 Å². The topological polar surface area (TPSA) is 83.4 Å². The van der Waals surface area contributed by atoms with Gasteiger partial charge >= 0.3 is 0 Å². The number of amides is 2. The fourth-order valence-corrected chi connectivity index (χ4v) is 5.27. The van der Waals surface area contributed by atoms with Gasteiger partial charge in [-0.1, -0.05) is 53.7 Å². The highest BCUT2D eigenvalue weighted by Crippen LogP contribution is 2.38. The van der Waals surface area contributed by atoms with Crippen LogP contribution < -0.4 is 10.1 Å².